The predicted molar refractivity (Wildman–Crippen MR) is 58.8 cm³/mol. The SMILES string of the molecule is C[C@]1(O)C(N2CCC(O)NC2O)O[C@H](CO)[C@H]1O. The third kappa shape index (κ3) is 2.26. The number of aliphatic hydroxyl groups excluding tert-OH is 4. The van der Waals surface area contributed by atoms with Gasteiger partial charge in [0.1, 0.15) is 30.3 Å². The fourth-order valence-electron chi connectivity index (χ4n) is 2.45. The van der Waals surface area contributed by atoms with Gasteiger partial charge in [0.2, 0.25) is 0 Å². The van der Waals surface area contributed by atoms with E-state index in [9.17, 15) is 20.4 Å². The van der Waals surface area contributed by atoms with Gasteiger partial charge in [-0.05, 0) is 13.3 Å². The molecule has 6 atom stereocenters. The van der Waals surface area contributed by atoms with Gasteiger partial charge in [0, 0.05) is 6.54 Å². The molecule has 0 bridgehead atoms. The van der Waals surface area contributed by atoms with Gasteiger partial charge in [-0.3, -0.25) is 5.32 Å². The first-order valence-electron chi connectivity index (χ1n) is 5.92. The van der Waals surface area contributed by atoms with Crippen LogP contribution in [0.1, 0.15) is 13.3 Å². The van der Waals surface area contributed by atoms with Crippen LogP contribution >= 0.6 is 0 Å². The maximum atomic E-state index is 10.2. The van der Waals surface area contributed by atoms with E-state index < -0.39 is 43.2 Å². The molecule has 0 spiro atoms. The summed E-state index contributed by atoms with van der Waals surface area (Å²) in [7, 11) is 0. The highest BCUT2D eigenvalue weighted by Gasteiger charge is 2.55. The van der Waals surface area contributed by atoms with Gasteiger partial charge in [0.05, 0.1) is 6.61 Å². The molecular formula is C10H20N2O6. The molecule has 106 valence electrons. The van der Waals surface area contributed by atoms with E-state index in [4.69, 9.17) is 9.84 Å². The summed E-state index contributed by atoms with van der Waals surface area (Å²) in [6, 6.07) is 0. The van der Waals surface area contributed by atoms with Gasteiger partial charge in [-0.2, -0.15) is 0 Å². The van der Waals surface area contributed by atoms with Gasteiger partial charge in [-0.1, -0.05) is 0 Å². The fourth-order valence-corrected chi connectivity index (χ4v) is 2.45. The summed E-state index contributed by atoms with van der Waals surface area (Å²) in [6.07, 6.45) is -4.75. The molecule has 8 nitrogen and oxygen atoms in total. The van der Waals surface area contributed by atoms with Crippen LogP contribution in [0.2, 0.25) is 0 Å². The minimum atomic E-state index is -1.61. The first-order chi connectivity index (χ1) is 8.37. The molecule has 2 aliphatic rings. The standard InChI is InChI=1S/C10H20N2O6/c1-10(17)7(15)5(4-13)18-8(10)12-3-2-6(14)11-9(12)16/h5-9,11,13-17H,2-4H2,1H3/t5-,6?,7-,8?,9?,10-/m1/s1. The Morgan fingerprint density at radius 1 is 1.39 bits per heavy atom. The molecule has 2 aliphatic heterocycles. The molecule has 6 N–H and O–H groups in total. The molecule has 0 aromatic rings. The van der Waals surface area contributed by atoms with E-state index in [1.165, 1.54) is 11.8 Å². The smallest absolute Gasteiger partial charge is 0.167 e. The topological polar surface area (TPSA) is 126 Å². The number of hydrogen-bond donors (Lipinski definition) is 6. The zero-order chi connectivity index (χ0) is 13.5. The van der Waals surface area contributed by atoms with E-state index >= 15 is 0 Å². The van der Waals surface area contributed by atoms with Crippen molar-refractivity contribution in [2.24, 2.45) is 0 Å². The van der Waals surface area contributed by atoms with E-state index in [2.05, 4.69) is 5.32 Å². The molecule has 0 aromatic heterocycles. The normalized spacial score (nSPS) is 50.7. The molecule has 3 unspecified atom stereocenters. The van der Waals surface area contributed by atoms with Crippen molar-refractivity contribution >= 4 is 0 Å². The number of aliphatic hydroxyl groups is 5. The molecule has 18 heavy (non-hydrogen) atoms. The minimum Gasteiger partial charge on any atom is -0.394 e. The van der Waals surface area contributed by atoms with Gasteiger partial charge >= 0.3 is 0 Å². The molecule has 0 amide bonds. The zero-order valence-electron chi connectivity index (χ0n) is 10.1. The average molecular weight is 264 g/mol. The van der Waals surface area contributed by atoms with E-state index in [1.807, 2.05) is 0 Å². The monoisotopic (exact) mass is 264 g/mol. The zero-order valence-corrected chi connectivity index (χ0v) is 10.1. The molecule has 0 saturated carbocycles. The molecule has 2 rings (SSSR count). The lowest BCUT2D eigenvalue weighted by molar-refractivity contribution is -0.211. The number of ether oxygens (including phenoxy) is 1. The van der Waals surface area contributed by atoms with E-state index in [0.29, 0.717) is 13.0 Å². The van der Waals surface area contributed by atoms with Crippen LogP contribution in [0.5, 0.6) is 0 Å². The summed E-state index contributed by atoms with van der Waals surface area (Å²) in [4.78, 5) is 1.39. The van der Waals surface area contributed by atoms with E-state index in [1.54, 1.807) is 0 Å². The Balaban J connectivity index is 2.13. The van der Waals surface area contributed by atoms with Crippen LogP contribution in [0.4, 0.5) is 0 Å². The van der Waals surface area contributed by atoms with Crippen LogP contribution in [0.15, 0.2) is 0 Å². The summed E-state index contributed by atoms with van der Waals surface area (Å²) < 4.78 is 5.38. The second kappa shape index (κ2) is 4.99. The molecule has 0 radical (unpaired) electrons. The van der Waals surface area contributed by atoms with Crippen molar-refractivity contribution in [3.05, 3.63) is 0 Å². The summed E-state index contributed by atoms with van der Waals surface area (Å²) in [5.74, 6) is 0. The Hall–Kier alpha value is -0.320. The van der Waals surface area contributed by atoms with Crippen molar-refractivity contribution in [1.29, 1.82) is 0 Å². The van der Waals surface area contributed by atoms with Crippen molar-refractivity contribution in [2.75, 3.05) is 13.2 Å². The van der Waals surface area contributed by atoms with Gasteiger partial charge < -0.3 is 30.3 Å². The third-order valence-corrected chi connectivity index (χ3v) is 3.55. The maximum Gasteiger partial charge on any atom is 0.167 e. The van der Waals surface area contributed by atoms with Gasteiger partial charge in [0.25, 0.3) is 0 Å². The van der Waals surface area contributed by atoms with Crippen molar-refractivity contribution in [2.45, 2.75) is 50.0 Å². The molecule has 2 fully saturated rings. The summed E-state index contributed by atoms with van der Waals surface area (Å²) >= 11 is 0. The Kier molecular flexibility index (Phi) is 3.90. The molecule has 0 aromatic carbocycles. The molecule has 2 heterocycles. The van der Waals surface area contributed by atoms with Crippen LogP contribution in [0.25, 0.3) is 0 Å². The maximum absolute atomic E-state index is 10.2. The van der Waals surface area contributed by atoms with E-state index in [0.717, 1.165) is 0 Å². The summed E-state index contributed by atoms with van der Waals surface area (Å²) in [5.41, 5.74) is -1.61. The second-order valence-corrected chi connectivity index (χ2v) is 4.96. The van der Waals surface area contributed by atoms with Crippen LogP contribution in [0, 0.1) is 0 Å². The molecule has 0 aliphatic carbocycles. The lowest BCUT2D eigenvalue weighted by Crippen LogP contribution is -2.64. The predicted octanol–water partition coefficient (Wildman–Crippen LogP) is -3.29. The summed E-state index contributed by atoms with van der Waals surface area (Å²) in [5, 5.41) is 50.8. The number of rotatable bonds is 2. The number of nitrogens with zero attached hydrogens (tertiary/aromatic N) is 1. The van der Waals surface area contributed by atoms with Gasteiger partial charge in [0.15, 0.2) is 6.35 Å². The average Bonchev–Trinajstić information content (AvgIpc) is 2.52. The Morgan fingerprint density at radius 2 is 2.06 bits per heavy atom. The van der Waals surface area contributed by atoms with Crippen molar-refractivity contribution in [1.82, 2.24) is 10.2 Å². The lowest BCUT2D eigenvalue weighted by atomic mass is 9.95. The largest absolute Gasteiger partial charge is 0.394 e. The first kappa shape index (κ1) is 14.1. The molecule has 2 saturated heterocycles. The van der Waals surface area contributed by atoms with Crippen molar-refractivity contribution in [3.8, 4) is 0 Å². The minimum absolute atomic E-state index is 0.293. The Labute approximate surface area is 104 Å². The van der Waals surface area contributed by atoms with Crippen molar-refractivity contribution in [3.63, 3.8) is 0 Å². The van der Waals surface area contributed by atoms with Crippen molar-refractivity contribution < 1.29 is 30.3 Å². The third-order valence-electron chi connectivity index (χ3n) is 3.55. The number of hydrogen-bond acceptors (Lipinski definition) is 8. The lowest BCUT2D eigenvalue weighted by Gasteiger charge is -2.42. The highest BCUT2D eigenvalue weighted by Crippen LogP contribution is 2.34. The van der Waals surface area contributed by atoms with E-state index in [-0.39, 0.29) is 0 Å². The highest BCUT2D eigenvalue weighted by molar-refractivity contribution is 5.01. The van der Waals surface area contributed by atoms with Crippen LogP contribution in [-0.2, 0) is 4.74 Å². The van der Waals surface area contributed by atoms with Crippen LogP contribution < -0.4 is 5.32 Å². The Morgan fingerprint density at radius 3 is 2.56 bits per heavy atom. The molecule has 8 heteroatoms. The fraction of sp³-hybridized carbons (Fsp3) is 1.00. The quantitative estimate of drug-likeness (QED) is 0.306. The van der Waals surface area contributed by atoms with Crippen LogP contribution in [0.3, 0.4) is 0 Å². The molecular weight excluding hydrogens is 244 g/mol. The second-order valence-electron chi connectivity index (χ2n) is 4.96. The van der Waals surface area contributed by atoms with Crippen LogP contribution in [-0.4, -0.2) is 80.2 Å². The number of nitrogens with one attached hydrogen (secondary N) is 1. The first-order valence-corrected chi connectivity index (χ1v) is 5.92. The van der Waals surface area contributed by atoms with Gasteiger partial charge in [-0.25, -0.2) is 4.90 Å². The highest BCUT2D eigenvalue weighted by atomic mass is 16.6. The summed E-state index contributed by atoms with van der Waals surface area (Å²) in [6.45, 7) is 1.25. The van der Waals surface area contributed by atoms with Gasteiger partial charge in [-0.15, -0.1) is 0 Å². The Bertz CT molecular complexity index is 302.